The summed E-state index contributed by atoms with van der Waals surface area (Å²) in [5, 5.41) is 0. The topological polar surface area (TPSA) is 0 Å². The molecule has 0 aliphatic carbocycles. The first-order valence-corrected chi connectivity index (χ1v) is 7.93. The second kappa shape index (κ2) is 4.75. The summed E-state index contributed by atoms with van der Waals surface area (Å²) in [6.07, 6.45) is 0. The van der Waals surface area contributed by atoms with Gasteiger partial charge in [-0.15, -0.1) is 0 Å². The lowest BCUT2D eigenvalue weighted by atomic mass is 10.2. The second-order valence-corrected chi connectivity index (χ2v) is 6.40. The van der Waals surface area contributed by atoms with Gasteiger partial charge in [0.25, 0.3) is 0 Å². The molecule has 0 fully saturated rings. The summed E-state index contributed by atoms with van der Waals surface area (Å²) in [7, 11) is 1.26. The van der Waals surface area contributed by atoms with Gasteiger partial charge in [-0.2, -0.15) is 0 Å². The van der Waals surface area contributed by atoms with Crippen LogP contribution >= 0.6 is 67.8 Å². The molecule has 0 aliphatic heterocycles. The van der Waals surface area contributed by atoms with Gasteiger partial charge in [0.15, 0.2) is 0 Å². The van der Waals surface area contributed by atoms with Crippen LogP contribution in [-0.2, 0) is 6.04 Å². The molecule has 1 aromatic rings. The Hall–Kier alpha value is 1.63. The van der Waals surface area contributed by atoms with Crippen molar-refractivity contribution in [2.75, 3.05) is 0 Å². The van der Waals surface area contributed by atoms with E-state index in [2.05, 4.69) is 79.9 Å². The molecule has 0 saturated carbocycles. The number of hydrogen-bond donors (Lipinski definition) is 0. The lowest BCUT2D eigenvalue weighted by Gasteiger charge is -2.03. The van der Waals surface area contributed by atoms with Gasteiger partial charge >= 0.3 is 0 Å². The summed E-state index contributed by atoms with van der Waals surface area (Å²) < 4.78 is 4.17. The molecule has 0 saturated heterocycles. The van der Waals surface area contributed by atoms with E-state index in [9.17, 15) is 0 Å². The van der Waals surface area contributed by atoms with Crippen LogP contribution in [0.1, 0.15) is 5.56 Å². The first kappa shape index (κ1) is 10.7. The third kappa shape index (κ3) is 2.80. The van der Waals surface area contributed by atoms with Gasteiger partial charge in [0.05, 0.1) is 0 Å². The van der Waals surface area contributed by atoms with Crippen LogP contribution in [-0.4, -0.2) is 10.2 Å². The molecular weight excluding hydrogens is 493 g/mol. The van der Waals surface area contributed by atoms with E-state index in [1.165, 1.54) is 32.6 Å². The highest BCUT2D eigenvalue weighted by atomic mass is 127. The van der Waals surface area contributed by atoms with Gasteiger partial charge in [0.2, 0.25) is 0 Å². The SMILES string of the molecule is [SiH3]Cc1cc(I)c(I)cc1I. The lowest BCUT2D eigenvalue weighted by Crippen LogP contribution is -1.92. The van der Waals surface area contributed by atoms with Crippen molar-refractivity contribution in [3.8, 4) is 0 Å². The van der Waals surface area contributed by atoms with Crippen molar-refractivity contribution in [1.82, 2.24) is 0 Å². The molecule has 0 spiro atoms. The van der Waals surface area contributed by atoms with E-state index in [-0.39, 0.29) is 0 Å². The highest BCUT2D eigenvalue weighted by Crippen LogP contribution is 2.21. The number of benzene rings is 1. The second-order valence-electron chi connectivity index (χ2n) is 2.21. The fourth-order valence-corrected chi connectivity index (χ4v) is 4.58. The summed E-state index contributed by atoms with van der Waals surface area (Å²) in [5.41, 5.74) is 1.52. The van der Waals surface area contributed by atoms with Crippen LogP contribution in [0.5, 0.6) is 0 Å². The first-order chi connectivity index (χ1) is 5.15. The van der Waals surface area contributed by atoms with Crippen molar-refractivity contribution in [1.29, 1.82) is 0 Å². The van der Waals surface area contributed by atoms with Crippen LogP contribution in [0.4, 0.5) is 0 Å². The molecule has 0 amide bonds. The van der Waals surface area contributed by atoms with Gasteiger partial charge in [-0.1, -0.05) is 0 Å². The Labute approximate surface area is 111 Å². The van der Waals surface area contributed by atoms with Crippen LogP contribution in [0, 0.1) is 10.7 Å². The Balaban J connectivity index is 3.21. The molecule has 0 bridgehead atoms. The first-order valence-electron chi connectivity index (χ1n) is 3.28. The van der Waals surface area contributed by atoms with Gasteiger partial charge in [0.1, 0.15) is 0 Å². The molecular formula is C7H7I3Si. The summed E-state index contributed by atoms with van der Waals surface area (Å²) >= 11 is 7.19. The highest BCUT2D eigenvalue weighted by molar-refractivity contribution is 14.1. The molecule has 4 heteroatoms. The van der Waals surface area contributed by atoms with E-state index in [1.807, 2.05) is 0 Å². The molecule has 11 heavy (non-hydrogen) atoms. The fraction of sp³-hybridized carbons (Fsp3) is 0.143. The third-order valence-electron chi connectivity index (χ3n) is 1.47. The quantitative estimate of drug-likeness (QED) is 0.316. The number of hydrogen-bond acceptors (Lipinski definition) is 0. The molecule has 1 rings (SSSR count). The average molecular weight is 500 g/mol. The van der Waals surface area contributed by atoms with Crippen LogP contribution in [0.25, 0.3) is 0 Å². The van der Waals surface area contributed by atoms with Crippen LogP contribution in [0.15, 0.2) is 12.1 Å². The molecule has 0 heterocycles. The summed E-state index contributed by atoms with van der Waals surface area (Å²) in [5.74, 6) is 0. The van der Waals surface area contributed by atoms with E-state index in [0.717, 1.165) is 0 Å². The van der Waals surface area contributed by atoms with E-state index < -0.39 is 0 Å². The monoisotopic (exact) mass is 500 g/mol. The lowest BCUT2D eigenvalue weighted by molar-refractivity contribution is 1.33. The molecule has 0 N–H and O–H groups in total. The standard InChI is InChI=1S/C7H7I3Si/c8-5-2-7(10)6(9)1-4(5)3-11/h1-2H,3H2,11H3. The minimum absolute atomic E-state index is 1.26. The molecule has 0 aromatic heterocycles. The zero-order valence-corrected chi connectivity index (χ0v) is 14.5. The molecule has 0 aliphatic rings. The van der Waals surface area contributed by atoms with Gasteiger partial charge in [-0.05, 0) is 91.5 Å². The normalized spacial score (nSPS) is 10.5. The van der Waals surface area contributed by atoms with Crippen molar-refractivity contribution < 1.29 is 0 Å². The minimum atomic E-state index is 1.26. The Bertz CT molecular complexity index is 273. The van der Waals surface area contributed by atoms with Crippen molar-refractivity contribution in [2.45, 2.75) is 6.04 Å². The van der Waals surface area contributed by atoms with Gasteiger partial charge in [-0.3, -0.25) is 0 Å². The third-order valence-corrected chi connectivity index (χ3v) is 6.05. The Morgan fingerprint density at radius 1 is 1.00 bits per heavy atom. The smallest absolute Gasteiger partial charge is 0.0274 e. The fourth-order valence-electron chi connectivity index (χ4n) is 0.835. The average Bonchev–Trinajstić information content (AvgIpc) is 1.97. The Morgan fingerprint density at radius 2 is 1.55 bits per heavy atom. The molecule has 60 valence electrons. The van der Waals surface area contributed by atoms with Crippen molar-refractivity contribution >= 4 is 78.0 Å². The Morgan fingerprint density at radius 3 is 2.09 bits per heavy atom. The molecule has 0 atom stereocenters. The van der Waals surface area contributed by atoms with Gasteiger partial charge in [0, 0.05) is 21.0 Å². The largest absolute Gasteiger partial charge is 0.0440 e. The summed E-state index contributed by atoms with van der Waals surface area (Å²) in [6.45, 7) is 0. The van der Waals surface area contributed by atoms with Crippen molar-refractivity contribution in [3.63, 3.8) is 0 Å². The molecule has 0 radical (unpaired) electrons. The van der Waals surface area contributed by atoms with Crippen LogP contribution < -0.4 is 0 Å². The number of halogens is 3. The number of rotatable bonds is 1. The zero-order chi connectivity index (χ0) is 8.43. The van der Waals surface area contributed by atoms with Crippen LogP contribution in [0.2, 0.25) is 0 Å². The predicted octanol–water partition coefficient (Wildman–Crippen LogP) is 2.37. The molecule has 0 unspecified atom stereocenters. The van der Waals surface area contributed by atoms with E-state index >= 15 is 0 Å². The minimum Gasteiger partial charge on any atom is -0.0440 e. The van der Waals surface area contributed by atoms with Gasteiger partial charge < -0.3 is 0 Å². The van der Waals surface area contributed by atoms with Crippen LogP contribution in [0.3, 0.4) is 0 Å². The summed E-state index contributed by atoms with van der Waals surface area (Å²) in [4.78, 5) is 0. The molecule has 1 aromatic carbocycles. The predicted molar refractivity (Wildman–Crippen MR) is 78.2 cm³/mol. The van der Waals surface area contributed by atoms with E-state index in [1.54, 1.807) is 0 Å². The van der Waals surface area contributed by atoms with Crippen molar-refractivity contribution in [3.05, 3.63) is 28.4 Å². The van der Waals surface area contributed by atoms with Gasteiger partial charge in [-0.25, -0.2) is 0 Å². The maximum atomic E-state index is 2.42. The Kier molecular flexibility index (Phi) is 4.62. The maximum absolute atomic E-state index is 2.42. The zero-order valence-electron chi connectivity index (χ0n) is 6.00. The molecule has 0 nitrogen and oxygen atoms in total. The highest BCUT2D eigenvalue weighted by Gasteiger charge is 2.01. The van der Waals surface area contributed by atoms with Crippen molar-refractivity contribution in [2.24, 2.45) is 0 Å². The van der Waals surface area contributed by atoms with E-state index in [0.29, 0.717) is 0 Å². The summed E-state index contributed by atoms with van der Waals surface area (Å²) in [6, 6.07) is 5.83. The maximum Gasteiger partial charge on any atom is 0.0274 e. The van der Waals surface area contributed by atoms with E-state index in [4.69, 9.17) is 0 Å².